The molecule has 1 aliphatic heterocycles. The molecular formula is C13H15BrF4N2. The van der Waals surface area contributed by atoms with Crippen molar-refractivity contribution in [1.29, 1.82) is 0 Å². The Bertz CT molecular complexity index is 458. The highest BCUT2D eigenvalue weighted by molar-refractivity contribution is 9.10. The number of rotatable bonds is 3. The van der Waals surface area contributed by atoms with Crippen LogP contribution in [-0.4, -0.2) is 37.3 Å². The third-order valence-electron chi connectivity index (χ3n) is 3.35. The third-order valence-corrected chi connectivity index (χ3v) is 3.99. The van der Waals surface area contributed by atoms with Crippen molar-refractivity contribution in [3.05, 3.63) is 34.1 Å². The Morgan fingerprint density at radius 1 is 1.25 bits per heavy atom. The molecule has 0 aromatic heterocycles. The Morgan fingerprint density at radius 2 is 1.90 bits per heavy atom. The second kappa shape index (κ2) is 6.41. The smallest absolute Gasteiger partial charge is 0.314 e. The van der Waals surface area contributed by atoms with E-state index in [1.165, 1.54) is 12.1 Å². The summed E-state index contributed by atoms with van der Waals surface area (Å²) in [5.41, 5.74) is 0.366. The van der Waals surface area contributed by atoms with Gasteiger partial charge in [0.25, 0.3) is 0 Å². The lowest BCUT2D eigenvalue weighted by atomic mass is 10.0. The van der Waals surface area contributed by atoms with E-state index in [1.54, 1.807) is 11.0 Å². The van der Waals surface area contributed by atoms with Gasteiger partial charge in [-0.05, 0) is 33.6 Å². The zero-order chi connectivity index (χ0) is 14.8. The van der Waals surface area contributed by atoms with E-state index in [9.17, 15) is 17.6 Å². The Morgan fingerprint density at radius 3 is 2.45 bits per heavy atom. The van der Waals surface area contributed by atoms with Gasteiger partial charge in [-0.15, -0.1) is 0 Å². The maximum atomic E-state index is 13.6. The predicted molar refractivity (Wildman–Crippen MR) is 72.0 cm³/mol. The van der Waals surface area contributed by atoms with E-state index in [0.717, 1.165) is 0 Å². The highest BCUT2D eigenvalue weighted by atomic mass is 79.9. The molecule has 1 atom stereocenters. The van der Waals surface area contributed by atoms with Gasteiger partial charge >= 0.3 is 6.18 Å². The summed E-state index contributed by atoms with van der Waals surface area (Å²) in [5, 5.41) is 3.10. The molecule has 1 N–H and O–H groups in total. The summed E-state index contributed by atoms with van der Waals surface area (Å²) in [7, 11) is 0. The van der Waals surface area contributed by atoms with Gasteiger partial charge in [-0.25, -0.2) is 4.39 Å². The van der Waals surface area contributed by atoms with Crippen LogP contribution >= 0.6 is 15.9 Å². The van der Waals surface area contributed by atoms with Gasteiger partial charge in [-0.1, -0.05) is 6.07 Å². The number of hydrogen-bond acceptors (Lipinski definition) is 2. The molecule has 0 unspecified atom stereocenters. The van der Waals surface area contributed by atoms with Crippen LogP contribution in [0.4, 0.5) is 17.6 Å². The van der Waals surface area contributed by atoms with Crippen LogP contribution in [0.1, 0.15) is 18.0 Å². The molecule has 0 saturated carbocycles. The fourth-order valence-electron chi connectivity index (χ4n) is 2.39. The van der Waals surface area contributed by atoms with Crippen molar-refractivity contribution >= 4 is 15.9 Å². The molecule has 20 heavy (non-hydrogen) atoms. The van der Waals surface area contributed by atoms with Crippen molar-refractivity contribution in [1.82, 2.24) is 10.2 Å². The second-order valence-electron chi connectivity index (χ2n) is 4.79. The number of halogens is 5. The fourth-order valence-corrected chi connectivity index (χ4v) is 2.64. The number of piperazine rings is 1. The molecule has 0 aliphatic carbocycles. The maximum absolute atomic E-state index is 13.6. The zero-order valence-corrected chi connectivity index (χ0v) is 12.3. The first kappa shape index (κ1) is 15.7. The molecule has 0 radical (unpaired) electrons. The minimum Gasteiger partial charge on any atom is -0.314 e. The summed E-state index contributed by atoms with van der Waals surface area (Å²) in [4.78, 5) is 1.76. The molecule has 7 heteroatoms. The molecule has 2 rings (SSSR count). The van der Waals surface area contributed by atoms with Gasteiger partial charge in [-0.3, -0.25) is 4.90 Å². The Kier molecular flexibility index (Phi) is 5.04. The van der Waals surface area contributed by atoms with Crippen molar-refractivity contribution < 1.29 is 17.6 Å². The number of nitrogens with one attached hydrogen (secondary N) is 1. The summed E-state index contributed by atoms with van der Waals surface area (Å²) < 4.78 is 52.2. The van der Waals surface area contributed by atoms with Gasteiger partial charge in [0.2, 0.25) is 0 Å². The lowest BCUT2D eigenvalue weighted by Gasteiger charge is -2.35. The minimum absolute atomic E-state index is 0.257. The van der Waals surface area contributed by atoms with E-state index in [-0.39, 0.29) is 4.47 Å². The lowest BCUT2D eigenvalue weighted by Crippen LogP contribution is -2.46. The van der Waals surface area contributed by atoms with Crippen molar-refractivity contribution in [2.75, 3.05) is 26.2 Å². The summed E-state index contributed by atoms with van der Waals surface area (Å²) in [6.07, 6.45) is -5.24. The first-order chi connectivity index (χ1) is 9.37. The molecule has 1 aliphatic rings. The molecular weight excluding hydrogens is 340 g/mol. The predicted octanol–water partition coefficient (Wildman–Crippen LogP) is 3.49. The monoisotopic (exact) mass is 354 g/mol. The van der Waals surface area contributed by atoms with Gasteiger partial charge in [0.15, 0.2) is 0 Å². The number of nitrogens with zero attached hydrogens (tertiary/aromatic N) is 1. The van der Waals surface area contributed by atoms with Gasteiger partial charge in [0, 0.05) is 32.2 Å². The van der Waals surface area contributed by atoms with Gasteiger partial charge in [0.1, 0.15) is 5.82 Å². The van der Waals surface area contributed by atoms with E-state index in [1.807, 2.05) is 0 Å². The van der Waals surface area contributed by atoms with E-state index in [4.69, 9.17) is 0 Å². The summed E-state index contributed by atoms with van der Waals surface area (Å²) in [6, 6.07) is 3.35. The summed E-state index contributed by atoms with van der Waals surface area (Å²) >= 11 is 3.02. The Hall–Kier alpha value is -0.660. The van der Waals surface area contributed by atoms with Crippen LogP contribution in [0.25, 0.3) is 0 Å². The number of benzene rings is 1. The van der Waals surface area contributed by atoms with E-state index in [2.05, 4.69) is 21.2 Å². The highest BCUT2D eigenvalue weighted by Gasteiger charge is 2.36. The van der Waals surface area contributed by atoms with Crippen LogP contribution < -0.4 is 5.32 Å². The van der Waals surface area contributed by atoms with Crippen molar-refractivity contribution in [2.45, 2.75) is 18.6 Å². The van der Waals surface area contributed by atoms with E-state index < -0.39 is 24.5 Å². The molecule has 0 spiro atoms. The van der Waals surface area contributed by atoms with Crippen LogP contribution in [0.2, 0.25) is 0 Å². The first-order valence-corrected chi connectivity index (χ1v) is 7.12. The molecule has 2 nitrogen and oxygen atoms in total. The maximum Gasteiger partial charge on any atom is 0.390 e. The molecule has 1 fully saturated rings. The molecule has 1 aromatic carbocycles. The fraction of sp³-hybridized carbons (Fsp3) is 0.538. The second-order valence-corrected chi connectivity index (χ2v) is 5.65. The minimum atomic E-state index is -4.28. The highest BCUT2D eigenvalue weighted by Crippen LogP contribution is 2.35. The standard InChI is InChI=1S/C13H15BrF4N2/c14-10-2-1-9(7-11(10)15)12(8-13(16,17)18)20-5-3-19-4-6-20/h1-2,7,12,19H,3-6,8H2/t12-/m0/s1. The van der Waals surface area contributed by atoms with Crippen LogP contribution in [-0.2, 0) is 0 Å². The van der Waals surface area contributed by atoms with Gasteiger partial charge in [0.05, 0.1) is 10.9 Å². The average Bonchev–Trinajstić information content (AvgIpc) is 2.39. The first-order valence-electron chi connectivity index (χ1n) is 6.33. The lowest BCUT2D eigenvalue weighted by molar-refractivity contribution is -0.148. The Labute approximate surface area is 123 Å². The quantitative estimate of drug-likeness (QED) is 0.836. The van der Waals surface area contributed by atoms with Crippen molar-refractivity contribution in [3.63, 3.8) is 0 Å². The summed E-state index contributed by atoms with van der Waals surface area (Å²) in [5.74, 6) is -0.537. The molecule has 1 aromatic rings. The largest absolute Gasteiger partial charge is 0.390 e. The molecule has 112 valence electrons. The SMILES string of the molecule is Fc1cc([C@H](CC(F)(F)F)N2CCNCC2)ccc1Br. The molecule has 0 bridgehead atoms. The van der Waals surface area contributed by atoms with Crippen LogP contribution in [0, 0.1) is 5.82 Å². The summed E-state index contributed by atoms with van der Waals surface area (Å²) in [6.45, 7) is 2.34. The van der Waals surface area contributed by atoms with E-state index in [0.29, 0.717) is 31.7 Å². The molecule has 1 saturated heterocycles. The number of alkyl halides is 3. The Balaban J connectivity index is 2.26. The normalized spacial score (nSPS) is 19.1. The molecule has 0 amide bonds. The topological polar surface area (TPSA) is 15.3 Å². The number of hydrogen-bond donors (Lipinski definition) is 1. The van der Waals surface area contributed by atoms with Gasteiger partial charge in [-0.2, -0.15) is 13.2 Å². The van der Waals surface area contributed by atoms with Crippen molar-refractivity contribution in [3.8, 4) is 0 Å². The third kappa shape index (κ3) is 4.17. The van der Waals surface area contributed by atoms with Crippen LogP contribution in [0.5, 0.6) is 0 Å². The zero-order valence-electron chi connectivity index (χ0n) is 10.7. The van der Waals surface area contributed by atoms with Crippen LogP contribution in [0.15, 0.2) is 22.7 Å². The average molecular weight is 355 g/mol. The molecule has 1 heterocycles. The van der Waals surface area contributed by atoms with E-state index >= 15 is 0 Å². The van der Waals surface area contributed by atoms with Gasteiger partial charge < -0.3 is 5.32 Å². The van der Waals surface area contributed by atoms with Crippen molar-refractivity contribution in [2.24, 2.45) is 0 Å². The van der Waals surface area contributed by atoms with Crippen LogP contribution in [0.3, 0.4) is 0 Å².